The molecule has 1 unspecified atom stereocenters. The second-order valence-corrected chi connectivity index (χ2v) is 10.9. The van der Waals surface area contributed by atoms with Gasteiger partial charge in [-0.05, 0) is 42.9 Å². The van der Waals surface area contributed by atoms with Gasteiger partial charge in [0.15, 0.2) is 0 Å². The van der Waals surface area contributed by atoms with E-state index in [1.165, 1.54) is 11.3 Å². The molecule has 2 aromatic carbocycles. The number of hydrogen-bond acceptors (Lipinski definition) is 5. The largest absolute Gasteiger partial charge is 0.385 e. The van der Waals surface area contributed by atoms with Crippen molar-refractivity contribution in [2.75, 3.05) is 51.3 Å². The summed E-state index contributed by atoms with van der Waals surface area (Å²) in [5.74, 6) is 0.414. The molecule has 8 nitrogen and oxygen atoms in total. The first-order valence-corrected chi connectivity index (χ1v) is 14.0. The van der Waals surface area contributed by atoms with E-state index >= 15 is 0 Å². The molecule has 2 fully saturated rings. The number of benzene rings is 2. The summed E-state index contributed by atoms with van der Waals surface area (Å²) in [6, 6.07) is 18.6. The van der Waals surface area contributed by atoms with Gasteiger partial charge in [0, 0.05) is 76.7 Å². The van der Waals surface area contributed by atoms with E-state index < -0.39 is 0 Å². The number of rotatable bonds is 11. The van der Waals surface area contributed by atoms with Crippen molar-refractivity contribution >= 4 is 17.6 Å². The second-order valence-electron chi connectivity index (χ2n) is 10.9. The van der Waals surface area contributed by atoms with Gasteiger partial charge in [0.25, 0.3) is 0 Å². The molecule has 38 heavy (non-hydrogen) atoms. The molecule has 3 N–H and O–H groups in total. The monoisotopic (exact) mass is 519 g/mol. The number of fused-ring (bicyclic) bond motifs is 1. The number of urea groups is 1. The summed E-state index contributed by atoms with van der Waals surface area (Å²) < 4.78 is 5.27. The van der Waals surface area contributed by atoms with Gasteiger partial charge < -0.3 is 30.5 Å². The summed E-state index contributed by atoms with van der Waals surface area (Å²) in [7, 11) is 1.75. The minimum absolute atomic E-state index is 0.0713. The van der Waals surface area contributed by atoms with Crippen LogP contribution < -0.4 is 20.9 Å². The third kappa shape index (κ3) is 6.66. The summed E-state index contributed by atoms with van der Waals surface area (Å²) >= 11 is 0. The number of amides is 3. The SMILES string of the molecule is COCCCN1CC(CN(C(=O)[C@@H]2CNC[C@H](NC(=O)NCc3ccccc3)C2)C2CC2)c2ccccc21. The Hall–Kier alpha value is -3.10. The van der Waals surface area contributed by atoms with Crippen LogP contribution >= 0.6 is 0 Å². The number of anilines is 1. The van der Waals surface area contributed by atoms with E-state index in [1.807, 2.05) is 30.3 Å². The first kappa shape index (κ1) is 26.5. The fraction of sp³-hybridized carbons (Fsp3) is 0.533. The van der Waals surface area contributed by atoms with Crippen LogP contribution in [0.1, 0.15) is 42.7 Å². The van der Waals surface area contributed by atoms with Gasteiger partial charge in [0.05, 0.1) is 5.92 Å². The van der Waals surface area contributed by atoms with Crippen LogP contribution in [0.5, 0.6) is 0 Å². The lowest BCUT2D eigenvalue weighted by Crippen LogP contribution is -2.55. The average Bonchev–Trinajstić information content (AvgIpc) is 3.73. The highest BCUT2D eigenvalue weighted by atomic mass is 16.5. The van der Waals surface area contributed by atoms with E-state index in [1.54, 1.807) is 7.11 Å². The lowest BCUT2D eigenvalue weighted by molar-refractivity contribution is -0.137. The molecule has 0 radical (unpaired) electrons. The molecule has 3 aliphatic rings. The van der Waals surface area contributed by atoms with Gasteiger partial charge in [-0.3, -0.25) is 4.79 Å². The normalized spacial score (nSPS) is 22.6. The highest BCUT2D eigenvalue weighted by Gasteiger charge is 2.40. The van der Waals surface area contributed by atoms with Gasteiger partial charge in [-0.25, -0.2) is 4.79 Å². The molecular weight excluding hydrogens is 478 g/mol. The summed E-state index contributed by atoms with van der Waals surface area (Å²) in [4.78, 5) is 31.0. The van der Waals surface area contributed by atoms with Crippen molar-refractivity contribution < 1.29 is 14.3 Å². The Labute approximate surface area is 226 Å². The van der Waals surface area contributed by atoms with Gasteiger partial charge in [-0.15, -0.1) is 0 Å². The van der Waals surface area contributed by atoms with E-state index in [2.05, 4.69) is 50.0 Å². The molecule has 1 aliphatic carbocycles. The van der Waals surface area contributed by atoms with Crippen LogP contribution in [0.25, 0.3) is 0 Å². The first-order chi connectivity index (χ1) is 18.6. The molecular formula is C30H41N5O3. The number of carbonyl (C=O) groups excluding carboxylic acids is 2. The van der Waals surface area contributed by atoms with Crippen LogP contribution in [0.2, 0.25) is 0 Å². The molecule has 8 heteroatoms. The number of hydrogen-bond donors (Lipinski definition) is 3. The molecule has 1 saturated carbocycles. The molecule has 0 bridgehead atoms. The van der Waals surface area contributed by atoms with Crippen LogP contribution in [0, 0.1) is 5.92 Å². The quantitative estimate of drug-likeness (QED) is 0.397. The number of para-hydroxylation sites is 1. The molecule has 3 amide bonds. The fourth-order valence-corrected chi connectivity index (χ4v) is 5.88. The maximum absolute atomic E-state index is 13.8. The third-order valence-corrected chi connectivity index (χ3v) is 7.95. The summed E-state index contributed by atoms with van der Waals surface area (Å²) in [5, 5.41) is 9.40. The zero-order valence-electron chi connectivity index (χ0n) is 22.4. The van der Waals surface area contributed by atoms with Gasteiger partial charge in [-0.2, -0.15) is 0 Å². The van der Waals surface area contributed by atoms with Crippen molar-refractivity contribution in [1.82, 2.24) is 20.9 Å². The maximum atomic E-state index is 13.8. The molecule has 1 saturated heterocycles. The second kappa shape index (κ2) is 12.6. The van der Waals surface area contributed by atoms with Crippen molar-refractivity contribution in [2.24, 2.45) is 5.92 Å². The average molecular weight is 520 g/mol. The Balaban J connectivity index is 1.17. The Kier molecular flexibility index (Phi) is 8.81. The van der Waals surface area contributed by atoms with E-state index in [-0.39, 0.29) is 23.9 Å². The highest BCUT2D eigenvalue weighted by molar-refractivity contribution is 5.80. The number of nitrogens with zero attached hydrogens (tertiary/aromatic N) is 2. The Morgan fingerprint density at radius 2 is 1.87 bits per heavy atom. The minimum atomic E-state index is -0.191. The van der Waals surface area contributed by atoms with E-state index in [0.717, 1.165) is 51.1 Å². The lowest BCUT2D eigenvalue weighted by atomic mass is 9.93. The van der Waals surface area contributed by atoms with Crippen molar-refractivity contribution in [3.63, 3.8) is 0 Å². The molecule has 204 valence electrons. The molecule has 2 aliphatic heterocycles. The van der Waals surface area contributed by atoms with Gasteiger partial charge in [-0.1, -0.05) is 48.5 Å². The summed E-state index contributed by atoms with van der Waals surface area (Å²) in [6.07, 6.45) is 3.82. The number of carbonyl (C=O) groups is 2. The summed E-state index contributed by atoms with van der Waals surface area (Å²) in [5.41, 5.74) is 3.70. The first-order valence-electron chi connectivity index (χ1n) is 14.0. The zero-order chi connectivity index (χ0) is 26.3. The Bertz CT molecular complexity index is 1080. The molecule has 2 aromatic rings. The number of methoxy groups -OCH3 is 1. The van der Waals surface area contributed by atoms with Crippen LogP contribution in [0.3, 0.4) is 0 Å². The van der Waals surface area contributed by atoms with Gasteiger partial charge in [0.2, 0.25) is 5.91 Å². The minimum Gasteiger partial charge on any atom is -0.385 e. The maximum Gasteiger partial charge on any atom is 0.315 e. The predicted octanol–water partition coefficient (Wildman–Crippen LogP) is 3.10. The predicted molar refractivity (Wildman–Crippen MR) is 149 cm³/mol. The van der Waals surface area contributed by atoms with Crippen LogP contribution in [0.4, 0.5) is 10.5 Å². The fourth-order valence-electron chi connectivity index (χ4n) is 5.88. The number of piperidine rings is 1. The van der Waals surface area contributed by atoms with Crippen molar-refractivity contribution in [1.29, 1.82) is 0 Å². The van der Waals surface area contributed by atoms with Crippen molar-refractivity contribution in [2.45, 2.75) is 50.2 Å². The van der Waals surface area contributed by atoms with Crippen molar-refractivity contribution in [3.8, 4) is 0 Å². The topological polar surface area (TPSA) is 85.9 Å². The lowest BCUT2D eigenvalue weighted by Gasteiger charge is -2.35. The van der Waals surface area contributed by atoms with Gasteiger partial charge >= 0.3 is 6.03 Å². The van der Waals surface area contributed by atoms with Crippen molar-refractivity contribution in [3.05, 3.63) is 65.7 Å². The van der Waals surface area contributed by atoms with Crippen LogP contribution in [0.15, 0.2) is 54.6 Å². The van der Waals surface area contributed by atoms with Crippen LogP contribution in [-0.4, -0.2) is 75.4 Å². The highest BCUT2D eigenvalue weighted by Crippen LogP contribution is 2.39. The standard InChI is InChI=1S/C30H41N5O3/c1-38-15-7-14-34-20-24(27-10-5-6-11-28(27)34)21-35(26-12-13-26)29(36)23-16-25(19-31-18-23)33-30(37)32-17-22-8-3-2-4-9-22/h2-6,8-11,23-26,31H,7,12-21H2,1H3,(H2,32,33,37)/t23-,24?,25+/m0/s1. The molecule has 0 spiro atoms. The summed E-state index contributed by atoms with van der Waals surface area (Å²) in [6.45, 7) is 5.24. The Morgan fingerprint density at radius 3 is 2.66 bits per heavy atom. The van der Waals surface area contributed by atoms with Gasteiger partial charge in [0.1, 0.15) is 0 Å². The molecule has 3 atom stereocenters. The smallest absolute Gasteiger partial charge is 0.315 e. The zero-order valence-corrected chi connectivity index (χ0v) is 22.4. The Morgan fingerprint density at radius 1 is 1.08 bits per heavy atom. The van der Waals surface area contributed by atoms with E-state index in [4.69, 9.17) is 4.74 Å². The molecule has 5 rings (SSSR count). The van der Waals surface area contributed by atoms with E-state index in [0.29, 0.717) is 38.0 Å². The number of ether oxygens (including phenoxy) is 1. The number of nitrogens with one attached hydrogen (secondary N) is 3. The van der Waals surface area contributed by atoms with E-state index in [9.17, 15) is 9.59 Å². The molecule has 2 heterocycles. The van der Waals surface area contributed by atoms with Crippen LogP contribution in [-0.2, 0) is 16.1 Å². The third-order valence-electron chi connectivity index (χ3n) is 7.95. The molecule has 0 aromatic heterocycles.